The molecule has 0 aliphatic carbocycles. The molecular weight excluding hydrogens is 274 g/mol. The maximum Gasteiger partial charge on any atom is 0.254 e. The number of carbonyl (C=O) groups is 1. The summed E-state index contributed by atoms with van der Waals surface area (Å²) in [5.41, 5.74) is 6.94. The summed E-state index contributed by atoms with van der Waals surface area (Å²) < 4.78 is 5.69. The molecule has 1 saturated heterocycles. The highest BCUT2D eigenvalue weighted by Gasteiger charge is 2.27. The summed E-state index contributed by atoms with van der Waals surface area (Å²) in [4.78, 5) is 18.5. The van der Waals surface area contributed by atoms with E-state index in [0.717, 1.165) is 5.01 Å². The van der Waals surface area contributed by atoms with Gasteiger partial charge in [-0.2, -0.15) is 0 Å². The van der Waals surface area contributed by atoms with Gasteiger partial charge in [0.25, 0.3) is 5.91 Å². The molecule has 0 spiro atoms. The minimum absolute atomic E-state index is 0.0119. The largest absolute Gasteiger partial charge is 0.399 e. The minimum atomic E-state index is -0.131. The Morgan fingerprint density at radius 2 is 2.40 bits per heavy atom. The zero-order valence-electron chi connectivity index (χ0n) is 10.9. The second kappa shape index (κ2) is 5.60. The van der Waals surface area contributed by atoms with E-state index in [1.165, 1.54) is 0 Å². The fraction of sp³-hybridized carbons (Fsp3) is 0.286. The van der Waals surface area contributed by atoms with E-state index < -0.39 is 0 Å². The highest BCUT2D eigenvalue weighted by atomic mass is 32.1. The van der Waals surface area contributed by atoms with Gasteiger partial charge in [0.2, 0.25) is 0 Å². The number of nitrogens with zero attached hydrogens (tertiary/aromatic N) is 2. The summed E-state index contributed by atoms with van der Waals surface area (Å²) >= 11 is 1.55. The molecule has 5 nitrogen and oxygen atoms in total. The summed E-state index contributed by atoms with van der Waals surface area (Å²) in [5.74, 6) is -0.0119. The normalized spacial score (nSPS) is 19.0. The van der Waals surface area contributed by atoms with Crippen molar-refractivity contribution in [3.05, 3.63) is 46.4 Å². The third kappa shape index (κ3) is 2.66. The predicted octanol–water partition coefficient (Wildman–Crippen LogP) is 1.94. The van der Waals surface area contributed by atoms with Gasteiger partial charge in [-0.1, -0.05) is 6.07 Å². The Hall–Kier alpha value is -1.92. The molecule has 2 heterocycles. The van der Waals surface area contributed by atoms with E-state index in [1.807, 2.05) is 5.38 Å². The third-order valence-corrected chi connectivity index (χ3v) is 4.08. The van der Waals surface area contributed by atoms with Gasteiger partial charge in [-0.25, -0.2) is 4.98 Å². The number of carbonyl (C=O) groups excluding carboxylic acids is 1. The quantitative estimate of drug-likeness (QED) is 0.858. The van der Waals surface area contributed by atoms with Gasteiger partial charge in [-0.15, -0.1) is 11.3 Å². The number of rotatable bonds is 2. The Balaban J connectivity index is 1.75. The van der Waals surface area contributed by atoms with Crippen molar-refractivity contribution in [2.75, 3.05) is 25.4 Å². The summed E-state index contributed by atoms with van der Waals surface area (Å²) in [7, 11) is 0. The highest BCUT2D eigenvalue weighted by molar-refractivity contribution is 7.09. The van der Waals surface area contributed by atoms with Gasteiger partial charge in [-0.3, -0.25) is 4.79 Å². The third-order valence-electron chi connectivity index (χ3n) is 3.21. The van der Waals surface area contributed by atoms with E-state index in [0.29, 0.717) is 30.9 Å². The first-order chi connectivity index (χ1) is 9.74. The summed E-state index contributed by atoms with van der Waals surface area (Å²) in [6.45, 7) is 1.65. The predicted molar refractivity (Wildman–Crippen MR) is 77.6 cm³/mol. The standard InChI is InChI=1S/C14H15N3O2S/c15-11-3-1-2-10(8-11)14(18)17-5-6-19-12(9-17)13-16-4-7-20-13/h1-4,7-8,12H,5-6,9,15H2. The lowest BCUT2D eigenvalue weighted by atomic mass is 10.1. The summed E-state index contributed by atoms with van der Waals surface area (Å²) in [6.07, 6.45) is 1.62. The van der Waals surface area contributed by atoms with Crippen LogP contribution < -0.4 is 5.73 Å². The van der Waals surface area contributed by atoms with Crippen LogP contribution in [0.3, 0.4) is 0 Å². The number of nitrogen functional groups attached to an aromatic ring is 1. The molecule has 3 rings (SSSR count). The average Bonchev–Trinajstić information content (AvgIpc) is 3.01. The van der Waals surface area contributed by atoms with E-state index >= 15 is 0 Å². The maximum absolute atomic E-state index is 12.5. The van der Waals surface area contributed by atoms with E-state index in [2.05, 4.69) is 4.98 Å². The fourth-order valence-corrected chi connectivity index (χ4v) is 2.91. The van der Waals surface area contributed by atoms with Crippen LogP contribution in [-0.4, -0.2) is 35.5 Å². The molecule has 0 radical (unpaired) electrons. The molecule has 6 heteroatoms. The molecule has 1 aliphatic heterocycles. The Kier molecular flexibility index (Phi) is 3.66. The average molecular weight is 289 g/mol. The molecular formula is C14H15N3O2S. The maximum atomic E-state index is 12.5. The zero-order chi connectivity index (χ0) is 13.9. The molecule has 1 amide bonds. The van der Waals surface area contributed by atoms with Crippen molar-refractivity contribution < 1.29 is 9.53 Å². The fourth-order valence-electron chi connectivity index (χ4n) is 2.23. The lowest BCUT2D eigenvalue weighted by Crippen LogP contribution is -2.42. The van der Waals surface area contributed by atoms with Crippen LogP contribution in [0.5, 0.6) is 0 Å². The lowest BCUT2D eigenvalue weighted by Gasteiger charge is -2.32. The number of benzene rings is 1. The molecule has 1 aromatic heterocycles. The SMILES string of the molecule is Nc1cccc(C(=O)N2CCOC(c3nccs3)C2)c1. The van der Waals surface area contributed by atoms with Crippen molar-refractivity contribution in [1.82, 2.24) is 9.88 Å². The highest BCUT2D eigenvalue weighted by Crippen LogP contribution is 2.24. The molecule has 2 aromatic rings. The van der Waals surface area contributed by atoms with Gasteiger partial charge in [-0.05, 0) is 18.2 Å². The molecule has 0 bridgehead atoms. The molecule has 1 unspecified atom stereocenters. The van der Waals surface area contributed by atoms with Crippen LogP contribution in [0, 0.1) is 0 Å². The van der Waals surface area contributed by atoms with Crippen LogP contribution in [0.15, 0.2) is 35.8 Å². The molecule has 104 valence electrons. The molecule has 1 aliphatic rings. The van der Waals surface area contributed by atoms with Gasteiger partial charge in [0.15, 0.2) is 0 Å². The first-order valence-electron chi connectivity index (χ1n) is 6.40. The Labute approximate surface area is 121 Å². The van der Waals surface area contributed by atoms with E-state index in [1.54, 1.807) is 46.7 Å². The van der Waals surface area contributed by atoms with Crippen LogP contribution in [0.2, 0.25) is 0 Å². The molecule has 1 fully saturated rings. The van der Waals surface area contributed by atoms with Crippen molar-refractivity contribution in [2.24, 2.45) is 0 Å². The van der Waals surface area contributed by atoms with Crippen molar-refractivity contribution in [3.8, 4) is 0 Å². The molecule has 1 aromatic carbocycles. The number of amides is 1. The Bertz CT molecular complexity index is 600. The molecule has 2 N–H and O–H groups in total. The number of aromatic nitrogens is 1. The Morgan fingerprint density at radius 1 is 1.50 bits per heavy atom. The zero-order valence-corrected chi connectivity index (χ0v) is 11.7. The number of ether oxygens (including phenoxy) is 1. The smallest absolute Gasteiger partial charge is 0.254 e. The van der Waals surface area contributed by atoms with Gasteiger partial charge < -0.3 is 15.4 Å². The number of nitrogens with two attached hydrogens (primary N) is 1. The van der Waals surface area contributed by atoms with Crippen molar-refractivity contribution in [2.45, 2.75) is 6.10 Å². The lowest BCUT2D eigenvalue weighted by molar-refractivity contribution is -0.0228. The topological polar surface area (TPSA) is 68.5 Å². The number of hydrogen-bond donors (Lipinski definition) is 1. The van der Waals surface area contributed by atoms with E-state index in [-0.39, 0.29) is 12.0 Å². The number of hydrogen-bond acceptors (Lipinski definition) is 5. The van der Waals surface area contributed by atoms with E-state index in [9.17, 15) is 4.79 Å². The number of anilines is 1. The molecule has 20 heavy (non-hydrogen) atoms. The summed E-state index contributed by atoms with van der Waals surface area (Å²) in [6, 6.07) is 7.05. The second-order valence-corrected chi connectivity index (χ2v) is 5.53. The van der Waals surface area contributed by atoms with Crippen molar-refractivity contribution >= 4 is 22.9 Å². The van der Waals surface area contributed by atoms with Crippen LogP contribution in [0.1, 0.15) is 21.5 Å². The molecule has 1 atom stereocenters. The monoisotopic (exact) mass is 289 g/mol. The van der Waals surface area contributed by atoms with Gasteiger partial charge in [0.1, 0.15) is 11.1 Å². The number of thiazole rings is 1. The minimum Gasteiger partial charge on any atom is -0.399 e. The van der Waals surface area contributed by atoms with Gasteiger partial charge in [0.05, 0.1) is 13.2 Å². The van der Waals surface area contributed by atoms with Crippen LogP contribution >= 0.6 is 11.3 Å². The van der Waals surface area contributed by atoms with Gasteiger partial charge in [0, 0.05) is 29.4 Å². The van der Waals surface area contributed by atoms with E-state index in [4.69, 9.17) is 10.5 Å². The first-order valence-corrected chi connectivity index (χ1v) is 7.28. The van der Waals surface area contributed by atoms with Crippen molar-refractivity contribution in [1.29, 1.82) is 0 Å². The number of morpholine rings is 1. The summed E-state index contributed by atoms with van der Waals surface area (Å²) in [5, 5.41) is 2.83. The first kappa shape index (κ1) is 13.1. The second-order valence-electron chi connectivity index (χ2n) is 4.61. The van der Waals surface area contributed by atoms with Gasteiger partial charge >= 0.3 is 0 Å². The Morgan fingerprint density at radius 3 is 3.15 bits per heavy atom. The van der Waals surface area contributed by atoms with Crippen LogP contribution in [-0.2, 0) is 4.74 Å². The van der Waals surface area contributed by atoms with Crippen LogP contribution in [0.25, 0.3) is 0 Å². The van der Waals surface area contributed by atoms with Crippen LogP contribution in [0.4, 0.5) is 5.69 Å². The molecule has 0 saturated carbocycles. The van der Waals surface area contributed by atoms with Crippen molar-refractivity contribution in [3.63, 3.8) is 0 Å².